The van der Waals surface area contributed by atoms with E-state index in [0.717, 1.165) is 24.2 Å². The van der Waals surface area contributed by atoms with Gasteiger partial charge in [-0.3, -0.25) is 0 Å². The van der Waals surface area contributed by atoms with Crippen LogP contribution >= 0.6 is 0 Å². The molecule has 1 saturated heterocycles. The molecule has 2 heterocycles. The number of nitrogens with zero attached hydrogens (tertiary/aromatic N) is 4. The molecule has 1 aromatic heterocycles. The van der Waals surface area contributed by atoms with Gasteiger partial charge in [0, 0.05) is 30.9 Å². The Morgan fingerprint density at radius 2 is 2.00 bits per heavy atom. The Labute approximate surface area is 157 Å². The van der Waals surface area contributed by atoms with E-state index < -0.39 is 0 Å². The van der Waals surface area contributed by atoms with Crippen molar-refractivity contribution >= 4 is 11.7 Å². The zero-order chi connectivity index (χ0) is 18.6. The maximum Gasteiger partial charge on any atom is 0.322 e. The van der Waals surface area contributed by atoms with Crippen LogP contribution in [0.4, 0.5) is 10.5 Å². The van der Waals surface area contributed by atoms with Gasteiger partial charge in [0.2, 0.25) is 12.3 Å². The van der Waals surface area contributed by atoms with Gasteiger partial charge in [0.25, 0.3) is 0 Å². The van der Waals surface area contributed by atoms with Gasteiger partial charge in [0.15, 0.2) is 0 Å². The lowest BCUT2D eigenvalue weighted by Crippen LogP contribution is -2.50. The predicted octanol–water partition coefficient (Wildman–Crippen LogP) is 3.26. The monoisotopic (exact) mass is 363 g/mol. The van der Waals surface area contributed by atoms with E-state index in [-0.39, 0.29) is 12.1 Å². The fourth-order valence-corrected chi connectivity index (χ4v) is 3.35. The molecule has 2 amide bonds. The lowest BCUT2D eigenvalue weighted by Gasteiger charge is -2.40. The molecule has 7 heteroatoms. The van der Waals surface area contributed by atoms with Gasteiger partial charge in [-0.2, -0.15) is 0 Å². The Hall–Kier alpha value is -3.19. The molecule has 1 fully saturated rings. The van der Waals surface area contributed by atoms with Gasteiger partial charge in [-0.05, 0) is 30.8 Å². The first-order valence-electron chi connectivity index (χ1n) is 8.88. The Bertz CT molecular complexity index is 898. The highest BCUT2D eigenvalue weighted by atomic mass is 16.4. The summed E-state index contributed by atoms with van der Waals surface area (Å²) in [6.45, 7) is 2.32. The average Bonchev–Trinajstić information content (AvgIpc) is 3.24. The summed E-state index contributed by atoms with van der Waals surface area (Å²) in [6, 6.07) is 17.5. The van der Waals surface area contributed by atoms with E-state index in [0.29, 0.717) is 18.1 Å². The Balaban J connectivity index is 1.54. The summed E-state index contributed by atoms with van der Waals surface area (Å²) in [5.41, 5.74) is 2.60. The fourth-order valence-electron chi connectivity index (χ4n) is 3.35. The van der Waals surface area contributed by atoms with Crippen LogP contribution in [0.15, 0.2) is 65.4 Å². The van der Waals surface area contributed by atoms with E-state index in [1.807, 2.05) is 47.4 Å². The van der Waals surface area contributed by atoms with Crippen molar-refractivity contribution in [2.45, 2.75) is 6.04 Å². The third-order valence-electron chi connectivity index (χ3n) is 4.75. The highest BCUT2D eigenvalue weighted by Crippen LogP contribution is 2.26. The number of hydrogen-bond donors (Lipinski definition) is 1. The van der Waals surface area contributed by atoms with E-state index in [9.17, 15) is 4.79 Å². The number of rotatable bonds is 3. The average molecular weight is 363 g/mol. The van der Waals surface area contributed by atoms with Crippen molar-refractivity contribution in [3.63, 3.8) is 0 Å². The van der Waals surface area contributed by atoms with Crippen molar-refractivity contribution in [2.24, 2.45) is 0 Å². The van der Waals surface area contributed by atoms with Gasteiger partial charge in [-0.25, -0.2) is 4.79 Å². The number of carbonyl (C=O) groups is 1. The van der Waals surface area contributed by atoms with Crippen LogP contribution in [0, 0.1) is 0 Å². The van der Waals surface area contributed by atoms with E-state index in [2.05, 4.69) is 39.6 Å². The number of aromatic nitrogens is 2. The summed E-state index contributed by atoms with van der Waals surface area (Å²) in [7, 11) is 2.08. The molecule has 4 rings (SSSR count). The SMILES string of the molecule is CN1CCN(C(=O)Nc2cccc(-c3nnco3)c2)[C@@H](c2ccccc2)C1. The summed E-state index contributed by atoms with van der Waals surface area (Å²) < 4.78 is 5.23. The molecule has 0 saturated carbocycles. The van der Waals surface area contributed by atoms with Crippen molar-refractivity contribution in [3.05, 3.63) is 66.6 Å². The first-order chi connectivity index (χ1) is 13.2. The first kappa shape index (κ1) is 17.2. The molecule has 1 atom stereocenters. The Morgan fingerprint density at radius 3 is 2.78 bits per heavy atom. The molecule has 138 valence electrons. The minimum absolute atomic E-state index is 0.0177. The largest absolute Gasteiger partial charge is 0.423 e. The highest BCUT2D eigenvalue weighted by Gasteiger charge is 2.30. The molecule has 2 aromatic carbocycles. The van der Waals surface area contributed by atoms with Crippen molar-refractivity contribution in [1.82, 2.24) is 20.0 Å². The standard InChI is InChI=1S/C20H21N5O2/c1-24-10-11-25(18(13-24)15-6-3-2-4-7-15)20(26)22-17-9-5-8-16(12-17)19-23-21-14-27-19/h2-9,12,14,18H,10-11,13H2,1H3,(H,22,26)/t18-/m1/s1. The first-order valence-corrected chi connectivity index (χ1v) is 8.88. The van der Waals surface area contributed by atoms with Gasteiger partial charge >= 0.3 is 6.03 Å². The number of piperazine rings is 1. The number of amides is 2. The van der Waals surface area contributed by atoms with Crippen LogP contribution < -0.4 is 5.32 Å². The topological polar surface area (TPSA) is 74.5 Å². The number of benzene rings is 2. The maximum absolute atomic E-state index is 13.0. The van der Waals surface area contributed by atoms with Crippen LogP contribution in [-0.4, -0.2) is 52.7 Å². The number of anilines is 1. The molecular formula is C20H21N5O2. The molecule has 1 aliphatic heterocycles. The van der Waals surface area contributed by atoms with E-state index in [1.54, 1.807) is 0 Å². The second-order valence-electron chi connectivity index (χ2n) is 6.64. The molecule has 7 nitrogen and oxygen atoms in total. The van der Waals surface area contributed by atoms with Gasteiger partial charge in [0.05, 0.1) is 6.04 Å². The molecule has 0 radical (unpaired) electrons. The van der Waals surface area contributed by atoms with Crippen molar-refractivity contribution in [2.75, 3.05) is 32.0 Å². The molecule has 27 heavy (non-hydrogen) atoms. The number of carbonyl (C=O) groups excluding carboxylic acids is 1. The molecule has 0 unspecified atom stereocenters. The van der Waals surface area contributed by atoms with Crippen LogP contribution in [0.3, 0.4) is 0 Å². The summed E-state index contributed by atoms with van der Waals surface area (Å²) in [6.07, 6.45) is 1.29. The van der Waals surface area contributed by atoms with Crippen molar-refractivity contribution in [3.8, 4) is 11.5 Å². The molecule has 3 aromatic rings. The van der Waals surface area contributed by atoms with Crippen LogP contribution in [-0.2, 0) is 0 Å². The van der Waals surface area contributed by atoms with Crippen LogP contribution in [0.2, 0.25) is 0 Å². The Morgan fingerprint density at radius 1 is 1.15 bits per heavy atom. The highest BCUT2D eigenvalue weighted by molar-refractivity contribution is 5.90. The normalized spacial score (nSPS) is 17.7. The van der Waals surface area contributed by atoms with Crippen LogP contribution in [0.25, 0.3) is 11.5 Å². The molecule has 0 aliphatic carbocycles. The predicted molar refractivity (Wildman–Crippen MR) is 102 cm³/mol. The molecule has 1 N–H and O–H groups in total. The number of nitrogens with one attached hydrogen (secondary N) is 1. The molecule has 0 bridgehead atoms. The van der Waals surface area contributed by atoms with Gasteiger partial charge in [0.1, 0.15) is 0 Å². The summed E-state index contributed by atoms with van der Waals surface area (Å²) in [5, 5.41) is 10.6. The minimum atomic E-state index is -0.111. The summed E-state index contributed by atoms with van der Waals surface area (Å²) in [5.74, 6) is 0.424. The lowest BCUT2D eigenvalue weighted by atomic mass is 10.0. The van der Waals surface area contributed by atoms with E-state index in [1.165, 1.54) is 6.39 Å². The summed E-state index contributed by atoms with van der Waals surface area (Å²) in [4.78, 5) is 17.1. The smallest absolute Gasteiger partial charge is 0.322 e. The maximum atomic E-state index is 13.0. The quantitative estimate of drug-likeness (QED) is 0.773. The lowest BCUT2D eigenvalue weighted by molar-refractivity contribution is 0.117. The van der Waals surface area contributed by atoms with Gasteiger partial charge in [-0.1, -0.05) is 36.4 Å². The second-order valence-corrected chi connectivity index (χ2v) is 6.64. The van der Waals surface area contributed by atoms with E-state index >= 15 is 0 Å². The summed E-state index contributed by atoms with van der Waals surface area (Å²) >= 11 is 0. The second kappa shape index (κ2) is 7.59. The van der Waals surface area contributed by atoms with Gasteiger partial charge < -0.3 is 19.5 Å². The number of hydrogen-bond acceptors (Lipinski definition) is 5. The Kier molecular flexibility index (Phi) is 4.84. The van der Waals surface area contributed by atoms with Crippen molar-refractivity contribution < 1.29 is 9.21 Å². The third kappa shape index (κ3) is 3.83. The molecule has 0 spiro atoms. The molecule has 1 aliphatic rings. The molecular weight excluding hydrogens is 342 g/mol. The number of urea groups is 1. The number of likely N-dealkylation sites (N-methyl/N-ethyl adjacent to an activating group) is 1. The van der Waals surface area contributed by atoms with E-state index in [4.69, 9.17) is 4.42 Å². The van der Waals surface area contributed by atoms with Crippen LogP contribution in [0.1, 0.15) is 11.6 Å². The third-order valence-corrected chi connectivity index (χ3v) is 4.75. The van der Waals surface area contributed by atoms with Crippen molar-refractivity contribution in [1.29, 1.82) is 0 Å². The van der Waals surface area contributed by atoms with Crippen LogP contribution in [0.5, 0.6) is 0 Å². The minimum Gasteiger partial charge on any atom is -0.423 e. The van der Waals surface area contributed by atoms with Gasteiger partial charge in [-0.15, -0.1) is 10.2 Å². The zero-order valence-electron chi connectivity index (χ0n) is 15.1. The fraction of sp³-hybridized carbons (Fsp3) is 0.250. The zero-order valence-corrected chi connectivity index (χ0v) is 15.1.